The van der Waals surface area contributed by atoms with E-state index in [0.717, 1.165) is 62.2 Å². The Bertz CT molecular complexity index is 2940. The number of hydrogen-bond donors (Lipinski definition) is 0. The van der Waals surface area contributed by atoms with Gasteiger partial charge in [-0.25, -0.2) is 4.98 Å². The molecule has 0 aliphatic carbocycles. The summed E-state index contributed by atoms with van der Waals surface area (Å²) >= 11 is 0. The summed E-state index contributed by atoms with van der Waals surface area (Å²) in [7, 11) is 0. The normalized spacial score (nSPS) is 12.6. The highest BCUT2D eigenvalue weighted by Gasteiger charge is 2.36. The quantitative estimate of drug-likeness (QED) is 0.146. The first-order chi connectivity index (χ1) is 30.0. The molecule has 0 radical (unpaired) electrons. The Morgan fingerprint density at radius 3 is 1.21 bits per heavy atom. The number of para-hydroxylation sites is 5. The summed E-state index contributed by atoms with van der Waals surface area (Å²) in [6.07, 6.45) is 1.91. The molecule has 0 atom stereocenters. The number of hydrogen-bond acceptors (Lipinski definition) is 4. The van der Waals surface area contributed by atoms with E-state index in [4.69, 9.17) is 4.98 Å². The van der Waals surface area contributed by atoms with Gasteiger partial charge in [-0.3, -0.25) is 4.57 Å². The molecule has 11 rings (SSSR count). The zero-order valence-electron chi connectivity index (χ0n) is 34.1. The molecule has 0 spiro atoms. The number of fused-ring (bicyclic) bond motifs is 5. The second-order valence-electron chi connectivity index (χ2n) is 16.1. The van der Waals surface area contributed by atoms with Crippen LogP contribution in [0.25, 0.3) is 27.6 Å². The van der Waals surface area contributed by atoms with Gasteiger partial charge in [0.25, 0.3) is 0 Å². The lowest BCUT2D eigenvalue weighted by Gasteiger charge is -2.36. The average Bonchev–Trinajstić information content (AvgIpc) is 3.65. The third-order valence-corrected chi connectivity index (χ3v) is 12.1. The minimum atomic E-state index is -0.271. The van der Waals surface area contributed by atoms with Gasteiger partial charge in [0, 0.05) is 73.6 Å². The molecule has 0 saturated carbocycles. The Kier molecular flexibility index (Phi) is 8.75. The molecule has 0 bridgehead atoms. The number of aromatic nitrogens is 2. The van der Waals surface area contributed by atoms with Crippen molar-refractivity contribution in [1.29, 1.82) is 0 Å². The molecule has 292 valence electrons. The van der Waals surface area contributed by atoms with Crippen molar-refractivity contribution in [2.45, 2.75) is 19.3 Å². The van der Waals surface area contributed by atoms with E-state index in [1.807, 2.05) is 6.20 Å². The third kappa shape index (κ3) is 6.13. The summed E-state index contributed by atoms with van der Waals surface area (Å²) in [5.41, 5.74) is 15.4. The van der Waals surface area contributed by atoms with E-state index in [-0.39, 0.29) is 5.41 Å². The summed E-state index contributed by atoms with van der Waals surface area (Å²) in [5.74, 6) is 0. The van der Waals surface area contributed by atoms with E-state index >= 15 is 0 Å². The van der Waals surface area contributed by atoms with Crippen molar-refractivity contribution in [1.82, 2.24) is 9.55 Å². The Hall–Kier alpha value is -7.89. The fourth-order valence-corrected chi connectivity index (χ4v) is 9.29. The van der Waals surface area contributed by atoms with Gasteiger partial charge in [-0.05, 0) is 139 Å². The minimum absolute atomic E-state index is 0.271. The van der Waals surface area contributed by atoms with E-state index in [1.165, 1.54) is 27.7 Å². The molecule has 8 aromatic carbocycles. The van der Waals surface area contributed by atoms with E-state index < -0.39 is 0 Å². The Balaban J connectivity index is 1.11. The number of anilines is 9. The zero-order chi connectivity index (χ0) is 40.9. The van der Waals surface area contributed by atoms with E-state index in [1.54, 1.807) is 0 Å². The Morgan fingerprint density at radius 1 is 0.361 bits per heavy atom. The molecule has 2 aromatic heterocycles. The van der Waals surface area contributed by atoms with Gasteiger partial charge < -0.3 is 14.7 Å². The maximum Gasteiger partial charge on any atom is 0.145 e. The molecule has 61 heavy (non-hydrogen) atoms. The van der Waals surface area contributed by atoms with Crippen LogP contribution >= 0.6 is 0 Å². The van der Waals surface area contributed by atoms with E-state index in [0.29, 0.717) is 0 Å². The van der Waals surface area contributed by atoms with Gasteiger partial charge in [0.05, 0.1) is 11.2 Å². The first-order valence-corrected chi connectivity index (χ1v) is 20.9. The van der Waals surface area contributed by atoms with Gasteiger partial charge in [0.1, 0.15) is 5.65 Å². The zero-order valence-corrected chi connectivity index (χ0v) is 34.1. The first-order valence-electron chi connectivity index (χ1n) is 20.9. The maximum absolute atomic E-state index is 4.99. The molecular formula is C56H43N5. The standard InChI is InChI=1S/C56H43N5/c1-56(2)51-27-15-16-28-53(51)61-54-50(49-26-17-37-57-55(49)61)38-48(39-52(54)56)60(46-33-29-44(30-34-46)58(40-18-7-3-8-19-40)41-20-9-4-10-21-41)47-35-31-45(32-36-47)59(42-22-11-5-12-23-42)43-24-13-6-14-25-43/h3-39H,1-2H3. The smallest absolute Gasteiger partial charge is 0.145 e. The van der Waals surface area contributed by atoms with Crippen molar-refractivity contribution in [2.24, 2.45) is 0 Å². The van der Waals surface area contributed by atoms with Crippen LogP contribution in [0.2, 0.25) is 0 Å². The van der Waals surface area contributed by atoms with Crippen molar-refractivity contribution in [2.75, 3.05) is 14.7 Å². The van der Waals surface area contributed by atoms with E-state index in [9.17, 15) is 0 Å². The van der Waals surface area contributed by atoms with E-state index in [2.05, 4.69) is 252 Å². The molecule has 5 nitrogen and oxygen atoms in total. The predicted molar refractivity (Wildman–Crippen MR) is 255 cm³/mol. The molecule has 5 heteroatoms. The van der Waals surface area contributed by atoms with Crippen molar-refractivity contribution in [3.63, 3.8) is 0 Å². The first kappa shape index (κ1) is 36.2. The van der Waals surface area contributed by atoms with Gasteiger partial charge >= 0.3 is 0 Å². The van der Waals surface area contributed by atoms with Crippen LogP contribution in [0.15, 0.2) is 225 Å². The van der Waals surface area contributed by atoms with Crippen LogP contribution in [0.4, 0.5) is 51.2 Å². The SMILES string of the molecule is CC1(C)c2ccccc2-n2c3ncccc3c3cc(N(c4ccc(N(c5ccccc5)c5ccccc5)cc4)c4ccc(N(c5ccccc5)c5ccccc5)cc4)cc1c32. The number of benzene rings is 8. The highest BCUT2D eigenvalue weighted by Crippen LogP contribution is 2.50. The average molecular weight is 786 g/mol. The topological polar surface area (TPSA) is 27.5 Å². The molecule has 3 heterocycles. The van der Waals surface area contributed by atoms with Crippen molar-refractivity contribution in [3.05, 3.63) is 236 Å². The number of pyridine rings is 1. The highest BCUT2D eigenvalue weighted by atomic mass is 15.2. The monoisotopic (exact) mass is 785 g/mol. The van der Waals surface area contributed by atoms with Crippen molar-refractivity contribution in [3.8, 4) is 5.69 Å². The summed E-state index contributed by atoms with van der Waals surface area (Å²) in [6.45, 7) is 4.72. The third-order valence-electron chi connectivity index (χ3n) is 12.1. The van der Waals surface area contributed by atoms with Crippen LogP contribution in [0.1, 0.15) is 25.0 Å². The van der Waals surface area contributed by atoms with Crippen LogP contribution in [-0.4, -0.2) is 9.55 Å². The van der Waals surface area contributed by atoms with Crippen LogP contribution in [0.3, 0.4) is 0 Å². The largest absolute Gasteiger partial charge is 0.311 e. The van der Waals surface area contributed by atoms with Gasteiger partial charge in [0.15, 0.2) is 0 Å². The van der Waals surface area contributed by atoms with Crippen LogP contribution in [-0.2, 0) is 5.41 Å². The lowest BCUT2D eigenvalue weighted by Crippen LogP contribution is -2.26. The summed E-state index contributed by atoms with van der Waals surface area (Å²) < 4.78 is 2.38. The number of nitrogens with zero attached hydrogens (tertiary/aromatic N) is 5. The summed E-state index contributed by atoms with van der Waals surface area (Å²) in [6, 6.07) is 78.1. The van der Waals surface area contributed by atoms with Crippen molar-refractivity contribution >= 4 is 73.1 Å². The second-order valence-corrected chi connectivity index (χ2v) is 16.1. The van der Waals surface area contributed by atoms with Crippen LogP contribution in [0.5, 0.6) is 0 Å². The number of rotatable bonds is 9. The molecule has 10 aromatic rings. The summed E-state index contributed by atoms with van der Waals surface area (Å²) in [4.78, 5) is 12.0. The van der Waals surface area contributed by atoms with Gasteiger partial charge in [0.2, 0.25) is 0 Å². The van der Waals surface area contributed by atoms with Gasteiger partial charge in [-0.2, -0.15) is 0 Å². The molecule has 0 fully saturated rings. The second kappa shape index (κ2) is 14.7. The van der Waals surface area contributed by atoms with Crippen LogP contribution in [0, 0.1) is 0 Å². The minimum Gasteiger partial charge on any atom is -0.311 e. The predicted octanol–water partition coefficient (Wildman–Crippen LogP) is 15.2. The Morgan fingerprint density at radius 2 is 0.754 bits per heavy atom. The summed E-state index contributed by atoms with van der Waals surface area (Å²) in [5, 5.41) is 2.33. The highest BCUT2D eigenvalue weighted by molar-refractivity contribution is 6.12. The molecular weight excluding hydrogens is 743 g/mol. The molecule has 0 saturated heterocycles. The molecule has 1 aliphatic rings. The fraction of sp³-hybridized carbons (Fsp3) is 0.0536. The lowest BCUT2D eigenvalue weighted by atomic mass is 9.74. The molecule has 0 unspecified atom stereocenters. The fourth-order valence-electron chi connectivity index (χ4n) is 9.29. The lowest BCUT2D eigenvalue weighted by molar-refractivity contribution is 0.630. The molecule has 0 N–H and O–H groups in total. The molecule has 0 amide bonds. The Labute approximate surface area is 356 Å². The van der Waals surface area contributed by atoms with Crippen molar-refractivity contribution < 1.29 is 0 Å². The van der Waals surface area contributed by atoms with Gasteiger partial charge in [-0.15, -0.1) is 0 Å². The van der Waals surface area contributed by atoms with Crippen LogP contribution < -0.4 is 14.7 Å². The maximum atomic E-state index is 4.99. The molecule has 1 aliphatic heterocycles. The van der Waals surface area contributed by atoms with Gasteiger partial charge in [-0.1, -0.05) is 105 Å².